The van der Waals surface area contributed by atoms with Crippen LogP contribution in [0.15, 0.2) is 54.7 Å². The number of hydrogen-bond donors (Lipinski definition) is 1. The number of fused-ring (bicyclic) bond motifs is 1. The molecule has 1 fully saturated rings. The summed E-state index contributed by atoms with van der Waals surface area (Å²) in [7, 11) is 0. The summed E-state index contributed by atoms with van der Waals surface area (Å²) in [4.78, 5) is 20.1. The van der Waals surface area contributed by atoms with Gasteiger partial charge in [-0.2, -0.15) is 10.4 Å². The Morgan fingerprint density at radius 2 is 1.82 bits per heavy atom. The summed E-state index contributed by atoms with van der Waals surface area (Å²) in [6, 6.07) is 17.0. The number of imidazole rings is 1. The van der Waals surface area contributed by atoms with Crippen molar-refractivity contribution in [3.63, 3.8) is 0 Å². The molecular formula is C25H24N6O2S. The van der Waals surface area contributed by atoms with E-state index in [9.17, 15) is 4.79 Å². The number of carbonyl (C=O) groups is 1. The lowest BCUT2D eigenvalue weighted by molar-refractivity contribution is 0.0374. The summed E-state index contributed by atoms with van der Waals surface area (Å²) in [5.41, 5.74) is 4.00. The lowest BCUT2D eigenvalue weighted by atomic mass is 10.1. The maximum atomic E-state index is 12.5. The van der Waals surface area contributed by atoms with E-state index in [0.717, 1.165) is 66.1 Å². The number of rotatable bonds is 7. The van der Waals surface area contributed by atoms with Crippen molar-refractivity contribution in [1.82, 2.24) is 24.8 Å². The molecule has 5 rings (SSSR count). The van der Waals surface area contributed by atoms with Gasteiger partial charge in [-0.25, -0.2) is 9.50 Å². The number of nitrogens with zero attached hydrogens (tertiary/aromatic N) is 5. The Bertz CT molecular complexity index is 1310. The molecule has 0 unspecified atom stereocenters. The Balaban J connectivity index is 1.22. The van der Waals surface area contributed by atoms with Crippen LogP contribution in [-0.2, 0) is 4.74 Å². The fourth-order valence-electron chi connectivity index (χ4n) is 3.92. The fourth-order valence-corrected chi connectivity index (χ4v) is 4.80. The quantitative estimate of drug-likeness (QED) is 0.414. The van der Waals surface area contributed by atoms with E-state index in [4.69, 9.17) is 15.1 Å². The van der Waals surface area contributed by atoms with Crippen molar-refractivity contribution in [1.29, 1.82) is 5.26 Å². The molecule has 172 valence electrons. The van der Waals surface area contributed by atoms with Crippen molar-refractivity contribution in [2.45, 2.75) is 6.42 Å². The van der Waals surface area contributed by atoms with E-state index >= 15 is 0 Å². The van der Waals surface area contributed by atoms with E-state index in [1.807, 2.05) is 40.9 Å². The molecule has 2 aromatic heterocycles. The SMILES string of the molecule is N#Cc1ccc(-c2cnc3sc(-c4ccc(C(=O)NCCCN5CCOCC5)cc4)nn23)cc1. The second-order valence-corrected chi connectivity index (χ2v) is 9.03. The molecule has 0 spiro atoms. The molecular weight excluding hydrogens is 448 g/mol. The topological polar surface area (TPSA) is 95.5 Å². The first-order chi connectivity index (χ1) is 16.7. The molecule has 1 saturated heterocycles. The van der Waals surface area contributed by atoms with Crippen LogP contribution in [0.1, 0.15) is 22.3 Å². The predicted octanol–water partition coefficient (Wildman–Crippen LogP) is 3.45. The first-order valence-electron chi connectivity index (χ1n) is 11.2. The molecule has 1 aliphatic heterocycles. The molecule has 1 amide bonds. The van der Waals surface area contributed by atoms with E-state index in [0.29, 0.717) is 17.7 Å². The molecule has 1 N–H and O–H groups in total. The van der Waals surface area contributed by atoms with Gasteiger partial charge in [-0.05, 0) is 37.2 Å². The second kappa shape index (κ2) is 10.1. The number of aromatic nitrogens is 3. The van der Waals surface area contributed by atoms with Crippen LogP contribution in [0.3, 0.4) is 0 Å². The third-order valence-corrected chi connectivity index (χ3v) is 6.80. The Morgan fingerprint density at radius 1 is 1.09 bits per heavy atom. The molecule has 2 aromatic carbocycles. The molecule has 0 bridgehead atoms. The van der Waals surface area contributed by atoms with Gasteiger partial charge < -0.3 is 10.1 Å². The number of hydrogen-bond acceptors (Lipinski definition) is 7. The number of carbonyl (C=O) groups excluding carboxylic acids is 1. The summed E-state index contributed by atoms with van der Waals surface area (Å²) in [5, 5.41) is 17.6. The lowest BCUT2D eigenvalue weighted by Gasteiger charge is -2.26. The standard InChI is InChI=1S/C25H24N6O2S/c26-16-18-2-4-19(5-3-18)22-17-28-25-31(22)29-24(34-25)21-8-6-20(7-9-21)23(32)27-10-1-11-30-12-14-33-15-13-30/h2-9,17H,1,10-15H2,(H,27,32). The van der Waals surface area contributed by atoms with Crippen LogP contribution in [0, 0.1) is 11.3 Å². The molecule has 0 radical (unpaired) electrons. The molecule has 1 aliphatic rings. The minimum atomic E-state index is -0.0643. The normalized spacial score (nSPS) is 14.2. The van der Waals surface area contributed by atoms with E-state index in [1.54, 1.807) is 18.3 Å². The molecule has 3 heterocycles. The van der Waals surface area contributed by atoms with Gasteiger partial charge in [0.25, 0.3) is 5.91 Å². The predicted molar refractivity (Wildman–Crippen MR) is 131 cm³/mol. The Kier molecular flexibility index (Phi) is 6.62. The van der Waals surface area contributed by atoms with Crippen LogP contribution in [-0.4, -0.2) is 64.8 Å². The number of benzene rings is 2. The first kappa shape index (κ1) is 22.2. The van der Waals surface area contributed by atoms with Crippen LogP contribution >= 0.6 is 11.3 Å². The van der Waals surface area contributed by atoms with Gasteiger partial charge in [0.05, 0.1) is 36.7 Å². The highest BCUT2D eigenvalue weighted by atomic mass is 32.1. The molecule has 34 heavy (non-hydrogen) atoms. The largest absolute Gasteiger partial charge is 0.379 e. The maximum Gasteiger partial charge on any atom is 0.251 e. The monoisotopic (exact) mass is 472 g/mol. The average Bonchev–Trinajstić information content (AvgIpc) is 3.49. The van der Waals surface area contributed by atoms with Crippen molar-refractivity contribution in [2.24, 2.45) is 0 Å². The fraction of sp³-hybridized carbons (Fsp3) is 0.280. The first-order valence-corrected chi connectivity index (χ1v) is 12.1. The van der Waals surface area contributed by atoms with Gasteiger partial charge in [-0.15, -0.1) is 0 Å². The number of ether oxygens (including phenoxy) is 1. The Labute approximate surface area is 201 Å². The molecule has 4 aromatic rings. The maximum absolute atomic E-state index is 12.5. The second-order valence-electron chi connectivity index (χ2n) is 8.08. The van der Waals surface area contributed by atoms with Gasteiger partial charge in [0.1, 0.15) is 5.01 Å². The minimum Gasteiger partial charge on any atom is -0.379 e. The summed E-state index contributed by atoms with van der Waals surface area (Å²) in [6.45, 7) is 5.14. The number of amides is 1. The third kappa shape index (κ3) is 4.84. The zero-order chi connectivity index (χ0) is 23.3. The van der Waals surface area contributed by atoms with Gasteiger partial charge in [-0.1, -0.05) is 35.6 Å². The van der Waals surface area contributed by atoms with Crippen molar-refractivity contribution in [2.75, 3.05) is 39.4 Å². The summed E-state index contributed by atoms with van der Waals surface area (Å²) < 4.78 is 7.18. The van der Waals surface area contributed by atoms with E-state index < -0.39 is 0 Å². The highest BCUT2D eigenvalue weighted by molar-refractivity contribution is 7.19. The zero-order valence-electron chi connectivity index (χ0n) is 18.6. The van der Waals surface area contributed by atoms with Gasteiger partial charge in [0, 0.05) is 36.3 Å². The van der Waals surface area contributed by atoms with Crippen LogP contribution < -0.4 is 5.32 Å². The van der Waals surface area contributed by atoms with E-state index in [1.165, 1.54) is 11.3 Å². The lowest BCUT2D eigenvalue weighted by Crippen LogP contribution is -2.38. The summed E-state index contributed by atoms with van der Waals surface area (Å²) in [5.74, 6) is -0.0643. The van der Waals surface area contributed by atoms with Crippen LogP contribution in [0.2, 0.25) is 0 Å². The Hall–Kier alpha value is -3.58. The van der Waals surface area contributed by atoms with Crippen molar-refractivity contribution in [3.8, 4) is 27.9 Å². The molecule has 0 atom stereocenters. The van der Waals surface area contributed by atoms with Crippen molar-refractivity contribution < 1.29 is 9.53 Å². The molecule has 9 heteroatoms. The zero-order valence-corrected chi connectivity index (χ0v) is 19.4. The van der Waals surface area contributed by atoms with Crippen LogP contribution in [0.4, 0.5) is 0 Å². The average molecular weight is 473 g/mol. The molecule has 0 aliphatic carbocycles. The summed E-state index contributed by atoms with van der Waals surface area (Å²) in [6.07, 6.45) is 2.71. The highest BCUT2D eigenvalue weighted by Crippen LogP contribution is 2.29. The van der Waals surface area contributed by atoms with Crippen molar-refractivity contribution >= 4 is 22.2 Å². The van der Waals surface area contributed by atoms with Gasteiger partial charge in [0.15, 0.2) is 0 Å². The minimum absolute atomic E-state index is 0.0643. The van der Waals surface area contributed by atoms with Gasteiger partial charge in [-0.3, -0.25) is 9.69 Å². The van der Waals surface area contributed by atoms with E-state index in [-0.39, 0.29) is 5.91 Å². The smallest absolute Gasteiger partial charge is 0.251 e. The molecule has 0 saturated carbocycles. The van der Waals surface area contributed by atoms with Crippen molar-refractivity contribution in [3.05, 3.63) is 65.9 Å². The number of morpholine rings is 1. The van der Waals surface area contributed by atoms with E-state index in [2.05, 4.69) is 21.3 Å². The van der Waals surface area contributed by atoms with Gasteiger partial charge in [0.2, 0.25) is 4.96 Å². The Morgan fingerprint density at radius 3 is 2.56 bits per heavy atom. The highest BCUT2D eigenvalue weighted by Gasteiger charge is 2.14. The van der Waals surface area contributed by atoms with Gasteiger partial charge >= 0.3 is 0 Å². The van der Waals surface area contributed by atoms with Crippen LogP contribution in [0.5, 0.6) is 0 Å². The summed E-state index contributed by atoms with van der Waals surface area (Å²) >= 11 is 1.49. The van der Waals surface area contributed by atoms with Crippen LogP contribution in [0.25, 0.3) is 26.8 Å². The number of nitriles is 1. The third-order valence-electron chi connectivity index (χ3n) is 5.83. The number of nitrogens with one attached hydrogen (secondary N) is 1. The molecule has 8 nitrogen and oxygen atoms in total.